The zero-order valence-electron chi connectivity index (χ0n) is 16.3. The van der Waals surface area contributed by atoms with Gasteiger partial charge in [0.15, 0.2) is 6.79 Å². The third-order valence-electron chi connectivity index (χ3n) is 5.02. The molecule has 1 heterocycles. The van der Waals surface area contributed by atoms with Crippen molar-refractivity contribution in [1.82, 2.24) is 0 Å². The lowest BCUT2D eigenvalue weighted by Gasteiger charge is -2.32. The van der Waals surface area contributed by atoms with Crippen molar-refractivity contribution in [3.63, 3.8) is 0 Å². The summed E-state index contributed by atoms with van der Waals surface area (Å²) in [6, 6.07) is 7.63. The van der Waals surface area contributed by atoms with E-state index in [0.29, 0.717) is 16.6 Å². The number of hydrogen-bond donors (Lipinski definition) is 0. The number of hydrogen-bond acceptors (Lipinski definition) is 5. The van der Waals surface area contributed by atoms with E-state index in [1.807, 2.05) is 27.7 Å². The molecule has 0 spiro atoms. The molecule has 0 bridgehead atoms. The fourth-order valence-electron chi connectivity index (χ4n) is 2.97. The Labute approximate surface area is 161 Å². The highest BCUT2D eigenvalue weighted by Crippen LogP contribution is 2.39. The van der Waals surface area contributed by atoms with Gasteiger partial charge in [0.25, 0.3) is 0 Å². The lowest BCUT2D eigenvalue weighted by molar-refractivity contribution is -0.274. The van der Waals surface area contributed by atoms with Gasteiger partial charge in [-0.15, -0.1) is 13.2 Å². The van der Waals surface area contributed by atoms with E-state index in [9.17, 15) is 13.2 Å². The van der Waals surface area contributed by atoms with Gasteiger partial charge in [-0.05, 0) is 56.7 Å². The molecule has 0 saturated carbocycles. The average molecular weight is 398 g/mol. The first kappa shape index (κ1) is 20.8. The van der Waals surface area contributed by atoms with E-state index in [1.54, 1.807) is 18.2 Å². The molecule has 1 saturated heterocycles. The molecule has 0 amide bonds. The molecule has 0 radical (unpaired) electrons. The van der Waals surface area contributed by atoms with Gasteiger partial charge in [0, 0.05) is 12.5 Å². The number of alkyl halides is 3. The predicted molar refractivity (Wildman–Crippen MR) is 98.9 cm³/mol. The summed E-state index contributed by atoms with van der Waals surface area (Å²) in [5.74, 6) is 0.0937. The van der Waals surface area contributed by atoms with Crippen molar-refractivity contribution in [1.29, 1.82) is 0 Å². The second-order valence-corrected chi connectivity index (χ2v) is 7.55. The van der Waals surface area contributed by atoms with Crippen LogP contribution in [0.25, 0.3) is 10.8 Å². The number of rotatable bonds is 5. The molecule has 2 aromatic carbocycles. The van der Waals surface area contributed by atoms with Crippen LogP contribution in [0.2, 0.25) is 0 Å². The quantitative estimate of drug-likeness (QED) is 0.563. The Morgan fingerprint density at radius 2 is 1.68 bits per heavy atom. The number of halogens is 3. The lowest BCUT2D eigenvalue weighted by atomic mass is 9.75. The molecule has 2 aromatic rings. The monoisotopic (exact) mass is 398 g/mol. The maximum atomic E-state index is 12.9. The number of ether oxygens (including phenoxy) is 3. The molecule has 1 aliphatic heterocycles. The standard InChI is InChI=1S/C19H22BF3O5/c1-17(2)18(3,4)28-20(27-17)14-10-13(25-11-24-5)9-12-7-6-8-15(16(12)14)26-19(21,22)23/h6-10H,11H2,1-5H3. The molecule has 9 heteroatoms. The molecule has 28 heavy (non-hydrogen) atoms. The lowest BCUT2D eigenvalue weighted by Crippen LogP contribution is -2.41. The molecule has 0 aliphatic carbocycles. The molecule has 0 aromatic heterocycles. The minimum absolute atomic E-state index is 0.00689. The molecule has 0 N–H and O–H groups in total. The smallest absolute Gasteiger partial charge is 0.468 e. The van der Waals surface area contributed by atoms with Crippen LogP contribution in [0, 0.1) is 0 Å². The maximum Gasteiger partial charge on any atom is 0.573 e. The highest BCUT2D eigenvalue weighted by atomic mass is 19.4. The predicted octanol–water partition coefficient (Wildman–Crippen LogP) is 4.02. The molecule has 3 rings (SSSR count). The van der Waals surface area contributed by atoms with Crippen LogP contribution >= 0.6 is 0 Å². The van der Waals surface area contributed by atoms with Gasteiger partial charge in [-0.3, -0.25) is 0 Å². The fraction of sp³-hybridized carbons (Fsp3) is 0.474. The van der Waals surface area contributed by atoms with Crippen LogP contribution in [0.3, 0.4) is 0 Å². The van der Waals surface area contributed by atoms with Crippen LogP contribution in [-0.2, 0) is 14.0 Å². The van der Waals surface area contributed by atoms with E-state index in [1.165, 1.54) is 19.2 Å². The Hall–Kier alpha value is -1.97. The topological polar surface area (TPSA) is 46.2 Å². The van der Waals surface area contributed by atoms with E-state index in [0.717, 1.165) is 0 Å². The summed E-state index contributed by atoms with van der Waals surface area (Å²) in [5, 5.41) is 0.753. The first-order valence-electron chi connectivity index (χ1n) is 8.73. The minimum atomic E-state index is -4.83. The van der Waals surface area contributed by atoms with Crippen LogP contribution in [0.4, 0.5) is 13.2 Å². The molecule has 0 atom stereocenters. The molecule has 5 nitrogen and oxygen atoms in total. The number of methoxy groups -OCH3 is 1. The van der Waals surface area contributed by atoms with Crippen molar-refractivity contribution in [3.8, 4) is 11.5 Å². The zero-order valence-corrected chi connectivity index (χ0v) is 16.3. The maximum absolute atomic E-state index is 12.9. The second kappa shape index (κ2) is 7.13. The van der Waals surface area contributed by atoms with E-state index < -0.39 is 24.7 Å². The molecular formula is C19H22BF3O5. The first-order valence-corrected chi connectivity index (χ1v) is 8.73. The Kier molecular flexibility index (Phi) is 5.29. The van der Waals surface area contributed by atoms with Gasteiger partial charge in [-0.1, -0.05) is 12.1 Å². The highest BCUT2D eigenvalue weighted by Gasteiger charge is 2.52. The van der Waals surface area contributed by atoms with Crippen LogP contribution in [-0.4, -0.2) is 38.6 Å². The van der Waals surface area contributed by atoms with Crippen molar-refractivity contribution >= 4 is 23.4 Å². The summed E-state index contributed by atoms with van der Waals surface area (Å²) in [6.07, 6.45) is -4.83. The zero-order chi connectivity index (χ0) is 20.7. The summed E-state index contributed by atoms with van der Waals surface area (Å²) in [5.41, 5.74) is -0.928. The molecule has 0 unspecified atom stereocenters. The van der Waals surface area contributed by atoms with E-state index in [2.05, 4.69) is 4.74 Å². The van der Waals surface area contributed by atoms with Crippen molar-refractivity contribution in [2.24, 2.45) is 0 Å². The van der Waals surface area contributed by atoms with Gasteiger partial charge < -0.3 is 23.5 Å². The second-order valence-electron chi connectivity index (χ2n) is 7.55. The normalized spacial score (nSPS) is 18.5. The third kappa shape index (κ3) is 4.06. The molecule has 152 valence electrons. The van der Waals surface area contributed by atoms with Gasteiger partial charge in [0.1, 0.15) is 11.5 Å². The highest BCUT2D eigenvalue weighted by molar-refractivity contribution is 6.65. The first-order chi connectivity index (χ1) is 12.9. The van der Waals surface area contributed by atoms with Crippen LogP contribution in [0.1, 0.15) is 27.7 Å². The van der Waals surface area contributed by atoms with Gasteiger partial charge in [-0.25, -0.2) is 0 Å². The van der Waals surface area contributed by atoms with Gasteiger partial charge in [0.05, 0.1) is 11.2 Å². The van der Waals surface area contributed by atoms with Crippen molar-refractivity contribution in [3.05, 3.63) is 30.3 Å². The Morgan fingerprint density at radius 3 is 2.25 bits per heavy atom. The summed E-state index contributed by atoms with van der Waals surface area (Å²) < 4.78 is 65.6. The summed E-state index contributed by atoms with van der Waals surface area (Å²) in [7, 11) is 0.586. The van der Waals surface area contributed by atoms with Crippen LogP contribution < -0.4 is 14.9 Å². The summed E-state index contributed by atoms with van der Waals surface area (Å²) in [6.45, 7) is 7.47. The number of benzene rings is 2. The van der Waals surface area contributed by atoms with Crippen LogP contribution in [0.5, 0.6) is 11.5 Å². The summed E-state index contributed by atoms with van der Waals surface area (Å²) in [4.78, 5) is 0. The molecule has 1 fully saturated rings. The molecule has 1 aliphatic rings. The van der Waals surface area contributed by atoms with E-state index in [4.69, 9.17) is 18.8 Å². The third-order valence-corrected chi connectivity index (χ3v) is 5.02. The Morgan fingerprint density at radius 1 is 1.04 bits per heavy atom. The van der Waals surface area contributed by atoms with Gasteiger partial charge >= 0.3 is 13.5 Å². The fourth-order valence-corrected chi connectivity index (χ4v) is 2.97. The SMILES string of the molecule is COCOc1cc(B2OC(C)(C)C(C)(C)O2)c2c(OC(F)(F)F)cccc2c1. The van der Waals surface area contributed by atoms with Crippen molar-refractivity contribution < 1.29 is 36.7 Å². The molecular weight excluding hydrogens is 376 g/mol. The van der Waals surface area contributed by atoms with Gasteiger partial charge in [0.2, 0.25) is 0 Å². The Bertz CT molecular complexity index is 851. The minimum Gasteiger partial charge on any atom is -0.468 e. The number of fused-ring (bicyclic) bond motifs is 1. The van der Waals surface area contributed by atoms with E-state index in [-0.39, 0.29) is 17.9 Å². The largest absolute Gasteiger partial charge is 0.573 e. The Balaban J connectivity index is 2.17. The van der Waals surface area contributed by atoms with Crippen molar-refractivity contribution in [2.45, 2.75) is 45.3 Å². The van der Waals surface area contributed by atoms with Gasteiger partial charge in [-0.2, -0.15) is 0 Å². The summed E-state index contributed by atoms with van der Waals surface area (Å²) >= 11 is 0. The van der Waals surface area contributed by atoms with Crippen LogP contribution in [0.15, 0.2) is 30.3 Å². The van der Waals surface area contributed by atoms with E-state index >= 15 is 0 Å². The average Bonchev–Trinajstić information content (AvgIpc) is 2.78. The van der Waals surface area contributed by atoms with Crippen molar-refractivity contribution in [2.75, 3.05) is 13.9 Å².